The highest BCUT2D eigenvalue weighted by atomic mass is 16.6. The highest BCUT2D eigenvalue weighted by Gasteiger charge is 2.13. The Morgan fingerprint density at radius 3 is 2.80 bits per heavy atom. The van der Waals surface area contributed by atoms with Crippen LogP contribution in [0.1, 0.15) is 12.8 Å². The van der Waals surface area contributed by atoms with Gasteiger partial charge in [-0.25, -0.2) is 0 Å². The lowest BCUT2D eigenvalue weighted by Crippen LogP contribution is -2.21. The molecular weight excluding hydrogens is 126 g/mol. The minimum Gasteiger partial charge on any atom is -0.277 e. The molecule has 0 saturated carbocycles. The van der Waals surface area contributed by atoms with E-state index in [9.17, 15) is 0 Å². The van der Waals surface area contributed by atoms with Crippen molar-refractivity contribution >= 4 is 0 Å². The number of hydrogen-bond acceptors (Lipinski definition) is 1. The van der Waals surface area contributed by atoms with Crippen LogP contribution in [0.4, 0.5) is 0 Å². The second kappa shape index (κ2) is 2.56. The summed E-state index contributed by atoms with van der Waals surface area (Å²) in [6.07, 6.45) is 6.57. The number of hydrogen-bond donors (Lipinski definition) is 0. The third-order valence-corrected chi connectivity index (χ3v) is 1.98. The van der Waals surface area contributed by atoms with Crippen molar-refractivity contribution in [2.24, 2.45) is 0 Å². The maximum Gasteiger partial charge on any atom is 0.0919 e. The molecule has 0 saturated heterocycles. The van der Waals surface area contributed by atoms with E-state index in [0.29, 0.717) is 0 Å². The van der Waals surface area contributed by atoms with Gasteiger partial charge in [-0.05, 0) is 24.0 Å². The molecule has 1 heterocycles. The zero-order chi connectivity index (χ0) is 6.81. The number of hydroxylamine groups is 1. The summed E-state index contributed by atoms with van der Waals surface area (Å²) in [6.45, 7) is 1.51. The van der Waals surface area contributed by atoms with Crippen LogP contribution in [0.3, 0.4) is 0 Å². The van der Waals surface area contributed by atoms with Crippen LogP contribution >= 0.6 is 0 Å². The van der Waals surface area contributed by atoms with Crippen molar-refractivity contribution in [2.45, 2.75) is 12.8 Å². The standard InChI is InChI=1S/C8H10NO/c1-2-4-8-6-10-9-5-7(8)3-1/h1-2H,3-6H2. The van der Waals surface area contributed by atoms with Gasteiger partial charge in [0.1, 0.15) is 0 Å². The largest absolute Gasteiger partial charge is 0.277 e. The van der Waals surface area contributed by atoms with Crippen LogP contribution in [-0.4, -0.2) is 13.2 Å². The Morgan fingerprint density at radius 2 is 2.00 bits per heavy atom. The fourth-order valence-electron chi connectivity index (χ4n) is 1.32. The summed E-state index contributed by atoms with van der Waals surface area (Å²) < 4.78 is 0. The van der Waals surface area contributed by atoms with Gasteiger partial charge in [-0.3, -0.25) is 4.84 Å². The van der Waals surface area contributed by atoms with Crippen LogP contribution in [0.25, 0.3) is 0 Å². The van der Waals surface area contributed by atoms with Gasteiger partial charge < -0.3 is 0 Å². The van der Waals surface area contributed by atoms with Gasteiger partial charge in [0.05, 0.1) is 13.2 Å². The summed E-state index contributed by atoms with van der Waals surface area (Å²) in [5, 5.41) is 0. The molecule has 0 unspecified atom stereocenters. The summed E-state index contributed by atoms with van der Waals surface area (Å²) in [7, 11) is 0. The third kappa shape index (κ3) is 1.00. The Bertz CT molecular complexity index is 173. The van der Waals surface area contributed by atoms with Gasteiger partial charge in [-0.15, -0.1) is 0 Å². The van der Waals surface area contributed by atoms with Crippen LogP contribution in [0.15, 0.2) is 23.3 Å². The highest BCUT2D eigenvalue weighted by molar-refractivity contribution is 5.26. The Kier molecular flexibility index (Phi) is 1.57. The predicted molar refractivity (Wildman–Crippen MR) is 38.4 cm³/mol. The van der Waals surface area contributed by atoms with Crippen molar-refractivity contribution in [3.63, 3.8) is 0 Å². The minimum absolute atomic E-state index is 0.722. The summed E-state index contributed by atoms with van der Waals surface area (Å²) in [6, 6.07) is 0. The first-order valence-corrected chi connectivity index (χ1v) is 3.60. The Morgan fingerprint density at radius 1 is 1.20 bits per heavy atom. The first kappa shape index (κ1) is 6.13. The molecule has 0 fully saturated rings. The molecule has 10 heavy (non-hydrogen) atoms. The molecule has 0 atom stereocenters. The van der Waals surface area contributed by atoms with E-state index in [2.05, 4.69) is 17.6 Å². The van der Waals surface area contributed by atoms with Gasteiger partial charge >= 0.3 is 0 Å². The van der Waals surface area contributed by atoms with Crippen molar-refractivity contribution in [1.29, 1.82) is 0 Å². The Balaban J connectivity index is 2.17. The molecule has 2 nitrogen and oxygen atoms in total. The topological polar surface area (TPSA) is 23.3 Å². The lowest BCUT2D eigenvalue weighted by molar-refractivity contribution is 0.0428. The lowest BCUT2D eigenvalue weighted by Gasteiger charge is -2.20. The monoisotopic (exact) mass is 136 g/mol. The SMILES string of the molecule is C1=CCC2=C(C1)C[N]OC2. The summed E-state index contributed by atoms with van der Waals surface area (Å²) >= 11 is 0. The van der Waals surface area contributed by atoms with Crippen molar-refractivity contribution < 1.29 is 4.84 Å². The molecule has 53 valence electrons. The minimum atomic E-state index is 0.722. The fourth-order valence-corrected chi connectivity index (χ4v) is 1.32. The maximum atomic E-state index is 4.97. The van der Waals surface area contributed by atoms with E-state index in [-0.39, 0.29) is 0 Å². The van der Waals surface area contributed by atoms with Crippen molar-refractivity contribution in [3.05, 3.63) is 23.3 Å². The van der Waals surface area contributed by atoms with E-state index in [0.717, 1.165) is 26.0 Å². The molecule has 0 bridgehead atoms. The molecule has 0 N–H and O–H groups in total. The average Bonchev–Trinajstić information content (AvgIpc) is 2.05. The third-order valence-electron chi connectivity index (χ3n) is 1.98. The molecule has 0 aromatic heterocycles. The highest BCUT2D eigenvalue weighted by Crippen LogP contribution is 2.21. The molecule has 2 aliphatic rings. The van der Waals surface area contributed by atoms with Crippen LogP contribution in [0.2, 0.25) is 0 Å². The van der Waals surface area contributed by atoms with Crippen molar-refractivity contribution in [3.8, 4) is 0 Å². The quantitative estimate of drug-likeness (QED) is 0.459. The molecule has 1 radical (unpaired) electrons. The van der Waals surface area contributed by atoms with E-state index in [4.69, 9.17) is 4.84 Å². The average molecular weight is 136 g/mol. The number of rotatable bonds is 0. The van der Waals surface area contributed by atoms with Gasteiger partial charge in [-0.1, -0.05) is 17.6 Å². The molecule has 0 spiro atoms. The summed E-state index contributed by atoms with van der Waals surface area (Å²) in [5.74, 6) is 0. The van der Waals surface area contributed by atoms with Crippen molar-refractivity contribution in [1.82, 2.24) is 5.48 Å². The van der Waals surface area contributed by atoms with E-state index in [1.807, 2.05) is 0 Å². The van der Waals surface area contributed by atoms with Gasteiger partial charge in [0, 0.05) is 0 Å². The van der Waals surface area contributed by atoms with E-state index < -0.39 is 0 Å². The van der Waals surface area contributed by atoms with Crippen LogP contribution in [0, 0.1) is 0 Å². The lowest BCUT2D eigenvalue weighted by atomic mass is 9.97. The first-order chi connectivity index (χ1) is 4.97. The Hall–Kier alpha value is -0.600. The second-order valence-corrected chi connectivity index (χ2v) is 2.65. The Labute approximate surface area is 60.5 Å². The van der Waals surface area contributed by atoms with Gasteiger partial charge in [0.15, 0.2) is 0 Å². The molecule has 1 aliphatic carbocycles. The number of nitrogens with zero attached hydrogens (tertiary/aromatic N) is 1. The van der Waals surface area contributed by atoms with Gasteiger partial charge in [0.25, 0.3) is 0 Å². The molecule has 2 rings (SSSR count). The second-order valence-electron chi connectivity index (χ2n) is 2.65. The van der Waals surface area contributed by atoms with E-state index >= 15 is 0 Å². The van der Waals surface area contributed by atoms with Crippen LogP contribution in [0.5, 0.6) is 0 Å². The van der Waals surface area contributed by atoms with Gasteiger partial charge in [0.2, 0.25) is 0 Å². The normalized spacial score (nSPS) is 24.8. The van der Waals surface area contributed by atoms with Gasteiger partial charge in [-0.2, -0.15) is 0 Å². The number of allylic oxidation sites excluding steroid dienone is 2. The molecule has 2 heteroatoms. The van der Waals surface area contributed by atoms with Crippen LogP contribution in [-0.2, 0) is 4.84 Å². The summed E-state index contributed by atoms with van der Waals surface area (Å²) in [5.41, 5.74) is 6.78. The predicted octanol–water partition coefficient (Wildman–Crippen LogP) is 1.18. The summed E-state index contributed by atoms with van der Waals surface area (Å²) in [4.78, 5) is 4.97. The molecule has 0 aromatic rings. The maximum absolute atomic E-state index is 4.97. The molecule has 0 amide bonds. The van der Waals surface area contributed by atoms with E-state index in [1.54, 1.807) is 0 Å². The smallest absolute Gasteiger partial charge is 0.0919 e. The fraction of sp³-hybridized carbons (Fsp3) is 0.500. The zero-order valence-corrected chi connectivity index (χ0v) is 5.84. The van der Waals surface area contributed by atoms with Crippen LogP contribution < -0.4 is 5.48 Å². The van der Waals surface area contributed by atoms with E-state index in [1.165, 1.54) is 11.1 Å². The molecule has 0 aromatic carbocycles. The molecule has 1 aliphatic heterocycles. The van der Waals surface area contributed by atoms with Crippen molar-refractivity contribution in [2.75, 3.05) is 13.2 Å². The first-order valence-electron chi connectivity index (χ1n) is 3.60. The molecular formula is C8H10NO. The zero-order valence-electron chi connectivity index (χ0n) is 5.84.